The molecule has 2 N–H and O–H groups in total. The summed E-state index contributed by atoms with van der Waals surface area (Å²) in [5, 5.41) is 16.4. The standard InChI is InChI=1S/C30H31ClFN5O3/c1-36-14-24(39-2)25(15-36)40-30-34-28-22(29(35-30)37-12-17-7-8-18(13-37)33-17)11-23(31)26(27(28)32)21-10-19(38)9-16-5-3-4-6-20(16)21/h3-6,9-11,17-18,24-25,33,38H,7-8,12-15H2,1-2H3/t17-,18+,24-,25-/m1/s1. The summed E-state index contributed by atoms with van der Waals surface area (Å²) < 4.78 is 28.7. The van der Waals surface area contributed by atoms with Gasteiger partial charge in [-0.15, -0.1) is 0 Å². The number of ether oxygens (including phenoxy) is 2. The topological polar surface area (TPSA) is 83.0 Å². The van der Waals surface area contributed by atoms with E-state index in [1.807, 2.05) is 31.3 Å². The first-order valence-corrected chi connectivity index (χ1v) is 14.1. The van der Waals surface area contributed by atoms with Crippen LogP contribution in [-0.4, -0.2) is 84.6 Å². The molecule has 4 atom stereocenters. The molecule has 0 radical (unpaired) electrons. The van der Waals surface area contributed by atoms with Crippen LogP contribution in [0.4, 0.5) is 10.2 Å². The quantitative estimate of drug-likeness (QED) is 0.365. The summed E-state index contributed by atoms with van der Waals surface area (Å²) >= 11 is 6.85. The van der Waals surface area contributed by atoms with Gasteiger partial charge in [-0.05, 0) is 54.4 Å². The van der Waals surface area contributed by atoms with E-state index in [0.717, 1.165) is 43.2 Å². The monoisotopic (exact) mass is 563 g/mol. The highest BCUT2D eigenvalue weighted by Gasteiger charge is 2.36. The van der Waals surface area contributed by atoms with Crippen molar-refractivity contribution < 1.29 is 19.0 Å². The minimum atomic E-state index is -0.573. The first-order valence-electron chi connectivity index (χ1n) is 13.7. The number of nitrogens with zero attached hydrogens (tertiary/aromatic N) is 4. The van der Waals surface area contributed by atoms with Crippen LogP contribution in [0.2, 0.25) is 5.02 Å². The maximum atomic E-state index is 16.7. The second-order valence-corrected chi connectivity index (χ2v) is 11.6. The van der Waals surface area contributed by atoms with Crippen LogP contribution >= 0.6 is 11.6 Å². The molecule has 8 nitrogen and oxygen atoms in total. The van der Waals surface area contributed by atoms with E-state index in [1.54, 1.807) is 25.3 Å². The van der Waals surface area contributed by atoms with Crippen molar-refractivity contribution in [2.75, 3.05) is 45.2 Å². The highest BCUT2D eigenvalue weighted by Crippen LogP contribution is 2.43. The molecule has 2 bridgehead atoms. The largest absolute Gasteiger partial charge is 0.508 e. The third kappa shape index (κ3) is 4.41. The van der Waals surface area contributed by atoms with Crippen LogP contribution in [0.25, 0.3) is 32.8 Å². The van der Waals surface area contributed by atoms with E-state index in [2.05, 4.69) is 20.1 Å². The molecule has 3 saturated heterocycles. The SMILES string of the molecule is CO[C@@H]1CN(C)C[C@H]1Oc1nc(N2C[C@H]3CC[C@@H](C2)N3)c2cc(Cl)c(-c3cc(O)cc4ccccc34)c(F)c2n1. The number of fused-ring (bicyclic) bond motifs is 4. The molecule has 0 aliphatic carbocycles. The second kappa shape index (κ2) is 9.99. The Labute approximate surface area is 236 Å². The molecule has 0 amide bonds. The Morgan fingerprint density at radius 1 is 1.00 bits per heavy atom. The van der Waals surface area contributed by atoms with E-state index >= 15 is 4.39 Å². The number of anilines is 1. The number of phenols is 1. The van der Waals surface area contributed by atoms with Crippen molar-refractivity contribution in [3.63, 3.8) is 0 Å². The predicted octanol–water partition coefficient (Wildman–Crippen LogP) is 4.60. The molecule has 3 aromatic carbocycles. The number of aromatic nitrogens is 2. The third-order valence-corrected chi connectivity index (χ3v) is 8.73. The summed E-state index contributed by atoms with van der Waals surface area (Å²) in [6.07, 6.45) is 1.76. The molecular weight excluding hydrogens is 533 g/mol. The zero-order chi connectivity index (χ0) is 27.5. The van der Waals surface area contributed by atoms with Gasteiger partial charge in [-0.25, -0.2) is 4.39 Å². The molecule has 7 rings (SSSR count). The number of hydrogen-bond acceptors (Lipinski definition) is 8. The Hall–Kier alpha value is -3.24. The third-order valence-electron chi connectivity index (χ3n) is 8.43. The number of aromatic hydroxyl groups is 1. The number of likely N-dealkylation sites (tertiary alicyclic amines) is 1. The van der Waals surface area contributed by atoms with Crippen LogP contribution in [0.1, 0.15) is 12.8 Å². The zero-order valence-electron chi connectivity index (χ0n) is 22.4. The Kier molecular flexibility index (Phi) is 6.42. The van der Waals surface area contributed by atoms with Crippen LogP contribution in [0.15, 0.2) is 42.5 Å². The van der Waals surface area contributed by atoms with Crippen molar-refractivity contribution in [3.8, 4) is 22.9 Å². The second-order valence-electron chi connectivity index (χ2n) is 11.2. The minimum Gasteiger partial charge on any atom is -0.508 e. The van der Waals surface area contributed by atoms with Crippen LogP contribution in [0, 0.1) is 5.82 Å². The number of likely N-dealkylation sites (N-methyl/N-ethyl adjacent to an activating group) is 1. The summed E-state index contributed by atoms with van der Waals surface area (Å²) in [7, 11) is 3.67. The smallest absolute Gasteiger partial charge is 0.319 e. The summed E-state index contributed by atoms with van der Waals surface area (Å²) in [5.74, 6) is 0.0763. The van der Waals surface area contributed by atoms with E-state index in [-0.39, 0.29) is 40.1 Å². The van der Waals surface area contributed by atoms with Crippen molar-refractivity contribution >= 4 is 39.1 Å². The Morgan fingerprint density at radius 3 is 2.52 bits per heavy atom. The number of nitrogens with one attached hydrogen (secondary N) is 1. The average Bonchev–Trinajstić information content (AvgIpc) is 3.47. The van der Waals surface area contributed by atoms with E-state index in [1.165, 1.54) is 0 Å². The van der Waals surface area contributed by atoms with Gasteiger partial charge in [0.15, 0.2) is 5.82 Å². The molecule has 40 heavy (non-hydrogen) atoms. The van der Waals surface area contributed by atoms with Crippen LogP contribution in [0.5, 0.6) is 11.8 Å². The lowest BCUT2D eigenvalue weighted by Gasteiger charge is -2.34. The van der Waals surface area contributed by atoms with E-state index in [9.17, 15) is 5.11 Å². The molecular formula is C30H31ClFN5O3. The molecule has 0 saturated carbocycles. The van der Waals surface area contributed by atoms with Crippen molar-refractivity contribution in [2.45, 2.75) is 37.1 Å². The summed E-state index contributed by atoms with van der Waals surface area (Å²) in [5.41, 5.74) is 0.824. The molecule has 0 spiro atoms. The Morgan fingerprint density at radius 2 is 1.75 bits per heavy atom. The molecule has 4 aromatic rings. The van der Waals surface area contributed by atoms with E-state index < -0.39 is 5.82 Å². The molecule has 4 heterocycles. The predicted molar refractivity (Wildman–Crippen MR) is 154 cm³/mol. The van der Waals surface area contributed by atoms with Crippen LogP contribution in [-0.2, 0) is 4.74 Å². The Bertz CT molecular complexity index is 1610. The van der Waals surface area contributed by atoms with Crippen LogP contribution < -0.4 is 15.0 Å². The molecule has 1 aromatic heterocycles. The average molecular weight is 564 g/mol. The number of methoxy groups -OCH3 is 1. The maximum Gasteiger partial charge on any atom is 0.319 e. The number of benzene rings is 3. The van der Waals surface area contributed by atoms with Gasteiger partial charge in [0.25, 0.3) is 0 Å². The highest BCUT2D eigenvalue weighted by molar-refractivity contribution is 6.35. The van der Waals surface area contributed by atoms with Crippen molar-refractivity contribution in [1.82, 2.24) is 20.2 Å². The molecule has 208 valence electrons. The van der Waals surface area contributed by atoms with Gasteiger partial charge in [0, 0.05) is 56.3 Å². The van der Waals surface area contributed by atoms with Gasteiger partial charge in [-0.1, -0.05) is 35.9 Å². The number of hydrogen-bond donors (Lipinski definition) is 2. The lowest BCUT2D eigenvalue weighted by Crippen LogP contribution is -2.51. The van der Waals surface area contributed by atoms with Gasteiger partial charge in [0.1, 0.15) is 29.3 Å². The number of halogens is 2. The normalized spacial score (nSPS) is 24.9. The minimum absolute atomic E-state index is 0.0314. The van der Waals surface area contributed by atoms with Gasteiger partial charge in [-0.3, -0.25) is 4.90 Å². The van der Waals surface area contributed by atoms with E-state index in [4.69, 9.17) is 26.1 Å². The Balaban J connectivity index is 1.41. The summed E-state index contributed by atoms with van der Waals surface area (Å²) in [6, 6.07) is 13.3. The first-order chi connectivity index (χ1) is 19.4. The molecule has 0 unspecified atom stereocenters. The highest BCUT2D eigenvalue weighted by atomic mass is 35.5. The van der Waals surface area contributed by atoms with Gasteiger partial charge in [-0.2, -0.15) is 9.97 Å². The first kappa shape index (κ1) is 25.7. The number of phenolic OH excluding ortho intramolecular Hbond substituents is 1. The van der Waals surface area contributed by atoms with Gasteiger partial charge >= 0.3 is 6.01 Å². The summed E-state index contributed by atoms with van der Waals surface area (Å²) in [6.45, 7) is 2.89. The number of piperazine rings is 1. The fourth-order valence-corrected chi connectivity index (χ4v) is 6.86. The van der Waals surface area contributed by atoms with Crippen molar-refractivity contribution in [3.05, 3.63) is 53.3 Å². The van der Waals surface area contributed by atoms with Gasteiger partial charge in [0.2, 0.25) is 0 Å². The van der Waals surface area contributed by atoms with E-state index in [0.29, 0.717) is 35.4 Å². The zero-order valence-corrected chi connectivity index (χ0v) is 23.2. The molecule has 3 fully saturated rings. The maximum absolute atomic E-state index is 16.7. The van der Waals surface area contributed by atoms with Crippen molar-refractivity contribution in [2.24, 2.45) is 0 Å². The van der Waals surface area contributed by atoms with Gasteiger partial charge in [0.05, 0.1) is 5.02 Å². The lowest BCUT2D eigenvalue weighted by atomic mass is 9.96. The van der Waals surface area contributed by atoms with Gasteiger partial charge < -0.3 is 24.8 Å². The molecule has 3 aliphatic rings. The number of rotatable bonds is 5. The summed E-state index contributed by atoms with van der Waals surface area (Å²) in [4.78, 5) is 13.8. The molecule has 10 heteroatoms. The lowest BCUT2D eigenvalue weighted by molar-refractivity contribution is 0.0300. The van der Waals surface area contributed by atoms with Crippen molar-refractivity contribution in [1.29, 1.82) is 0 Å². The fraction of sp³-hybridized carbons (Fsp3) is 0.400. The van der Waals surface area contributed by atoms with Crippen LogP contribution in [0.3, 0.4) is 0 Å². The molecule has 3 aliphatic heterocycles. The fourth-order valence-electron chi connectivity index (χ4n) is 6.57.